The topological polar surface area (TPSA) is 125 Å². The molecule has 1 aromatic carbocycles. The molecule has 8 heteroatoms. The van der Waals surface area contributed by atoms with Crippen LogP contribution in [0.5, 0.6) is 0 Å². The minimum Gasteiger partial charge on any atom is -0.369 e. The lowest BCUT2D eigenvalue weighted by Crippen LogP contribution is -2.33. The average Bonchev–Trinajstić information content (AvgIpc) is 3.00. The van der Waals surface area contributed by atoms with Gasteiger partial charge in [0.25, 0.3) is 0 Å². The molecule has 3 rings (SSSR count). The molecule has 0 unspecified atom stereocenters. The Labute approximate surface area is 157 Å². The number of carbonyl (C=O) groups is 2. The van der Waals surface area contributed by atoms with Gasteiger partial charge in [0.05, 0.1) is 12.5 Å². The fourth-order valence-corrected chi connectivity index (χ4v) is 3.09. The highest BCUT2D eigenvalue weighted by atomic mass is 16.2. The number of hydrogen-bond donors (Lipinski definition) is 2. The molecule has 2 aromatic rings. The number of nitriles is 1. The number of nitrogens with two attached hydrogens (primary N) is 1. The van der Waals surface area contributed by atoms with Crippen molar-refractivity contribution in [3.63, 3.8) is 0 Å². The lowest BCUT2D eigenvalue weighted by Gasteiger charge is -2.19. The van der Waals surface area contributed by atoms with Gasteiger partial charge in [0, 0.05) is 18.4 Å². The molecule has 0 aliphatic carbocycles. The number of primary amides is 1. The number of benzene rings is 1. The van der Waals surface area contributed by atoms with E-state index < -0.39 is 5.41 Å². The molecular weight excluding hydrogens is 344 g/mol. The van der Waals surface area contributed by atoms with E-state index in [9.17, 15) is 14.9 Å². The van der Waals surface area contributed by atoms with Crippen molar-refractivity contribution in [2.75, 3.05) is 16.8 Å². The predicted octanol–water partition coefficient (Wildman–Crippen LogP) is 1.90. The zero-order chi connectivity index (χ0) is 19.4. The number of hydrogen-bond acceptors (Lipinski definition) is 6. The van der Waals surface area contributed by atoms with E-state index in [-0.39, 0.29) is 18.2 Å². The summed E-state index contributed by atoms with van der Waals surface area (Å²) in [6.45, 7) is 2.30. The quantitative estimate of drug-likeness (QED) is 0.806. The highest BCUT2D eigenvalue weighted by molar-refractivity contribution is 6.01. The first-order chi connectivity index (χ1) is 13.0. The van der Waals surface area contributed by atoms with Crippen molar-refractivity contribution in [1.29, 1.82) is 5.26 Å². The van der Waals surface area contributed by atoms with E-state index in [4.69, 9.17) is 5.73 Å². The molecule has 1 aliphatic heterocycles. The Morgan fingerprint density at radius 3 is 2.70 bits per heavy atom. The molecule has 1 aliphatic rings. The van der Waals surface area contributed by atoms with E-state index in [1.54, 1.807) is 36.5 Å². The van der Waals surface area contributed by atoms with E-state index in [0.29, 0.717) is 31.2 Å². The van der Waals surface area contributed by atoms with Gasteiger partial charge in [-0.15, -0.1) is 0 Å². The van der Waals surface area contributed by atoms with Gasteiger partial charge in [0.2, 0.25) is 17.8 Å². The molecule has 138 valence electrons. The number of carbonyl (C=O) groups excluding carboxylic acids is 2. The van der Waals surface area contributed by atoms with Crippen LogP contribution in [0.3, 0.4) is 0 Å². The van der Waals surface area contributed by atoms with Crippen LogP contribution in [0.2, 0.25) is 0 Å². The lowest BCUT2D eigenvalue weighted by atomic mass is 9.85. The van der Waals surface area contributed by atoms with Gasteiger partial charge in [-0.25, -0.2) is 4.98 Å². The first-order valence-electron chi connectivity index (χ1n) is 8.68. The molecule has 3 N–H and O–H groups in total. The first kappa shape index (κ1) is 18.3. The van der Waals surface area contributed by atoms with Crippen molar-refractivity contribution in [2.45, 2.75) is 26.2 Å². The van der Waals surface area contributed by atoms with Crippen molar-refractivity contribution < 1.29 is 9.59 Å². The maximum Gasteiger partial charge on any atom is 0.248 e. The van der Waals surface area contributed by atoms with Gasteiger partial charge in [-0.1, -0.05) is 19.1 Å². The summed E-state index contributed by atoms with van der Waals surface area (Å²) in [4.78, 5) is 33.7. The second-order valence-corrected chi connectivity index (χ2v) is 6.46. The number of amides is 2. The Bertz CT molecular complexity index is 905. The van der Waals surface area contributed by atoms with Crippen LogP contribution >= 0.6 is 0 Å². The van der Waals surface area contributed by atoms with Crippen molar-refractivity contribution in [3.8, 4) is 6.07 Å². The van der Waals surface area contributed by atoms with E-state index >= 15 is 0 Å². The Balaban J connectivity index is 1.76. The molecule has 27 heavy (non-hydrogen) atoms. The zero-order valence-corrected chi connectivity index (χ0v) is 15.0. The molecule has 0 saturated carbocycles. The number of nitrogens with zero attached hydrogens (tertiary/aromatic N) is 4. The van der Waals surface area contributed by atoms with E-state index in [1.165, 1.54) is 4.90 Å². The fourth-order valence-electron chi connectivity index (χ4n) is 3.09. The summed E-state index contributed by atoms with van der Waals surface area (Å²) >= 11 is 0. The van der Waals surface area contributed by atoms with Crippen molar-refractivity contribution in [1.82, 2.24) is 9.97 Å². The van der Waals surface area contributed by atoms with E-state index in [0.717, 1.165) is 11.3 Å². The SMILES string of the molecule is CC[C@]1(C#N)CCN(c2ccnc(Nc3ccc(CC(N)=O)cc3)n2)C1=O. The largest absolute Gasteiger partial charge is 0.369 e. The van der Waals surface area contributed by atoms with E-state index in [2.05, 4.69) is 21.4 Å². The lowest BCUT2D eigenvalue weighted by molar-refractivity contribution is -0.123. The van der Waals surface area contributed by atoms with Gasteiger partial charge < -0.3 is 11.1 Å². The van der Waals surface area contributed by atoms with Gasteiger partial charge in [-0.2, -0.15) is 10.2 Å². The van der Waals surface area contributed by atoms with Crippen LogP contribution in [0.25, 0.3) is 0 Å². The Kier molecular flexibility index (Phi) is 5.03. The zero-order valence-electron chi connectivity index (χ0n) is 15.0. The minimum absolute atomic E-state index is 0.182. The van der Waals surface area contributed by atoms with Gasteiger partial charge in [0.15, 0.2) is 0 Å². The predicted molar refractivity (Wildman–Crippen MR) is 100.0 cm³/mol. The standard InChI is InChI=1S/C19H20N6O2/c1-2-19(12-20)8-10-25(17(19)27)16-7-9-22-18(24-16)23-14-5-3-13(4-6-14)11-15(21)26/h3-7,9H,2,8,10-11H2,1H3,(H2,21,26)(H,22,23,24)/t19-/m1/s1. The van der Waals surface area contributed by atoms with Crippen LogP contribution in [0.1, 0.15) is 25.3 Å². The maximum atomic E-state index is 12.7. The van der Waals surface area contributed by atoms with Crippen molar-refractivity contribution in [2.24, 2.45) is 11.1 Å². The van der Waals surface area contributed by atoms with Crippen LogP contribution in [0.4, 0.5) is 17.5 Å². The summed E-state index contributed by atoms with van der Waals surface area (Å²) in [6.07, 6.45) is 2.72. The third-order valence-corrected chi connectivity index (χ3v) is 4.74. The Morgan fingerprint density at radius 2 is 2.11 bits per heavy atom. The first-order valence-corrected chi connectivity index (χ1v) is 8.68. The summed E-state index contributed by atoms with van der Waals surface area (Å²) in [5.41, 5.74) is 5.78. The van der Waals surface area contributed by atoms with Gasteiger partial charge >= 0.3 is 0 Å². The molecule has 2 amide bonds. The summed E-state index contributed by atoms with van der Waals surface area (Å²) in [7, 11) is 0. The van der Waals surface area contributed by atoms with Gasteiger partial charge in [-0.05, 0) is 36.6 Å². The van der Waals surface area contributed by atoms with Crippen molar-refractivity contribution in [3.05, 3.63) is 42.1 Å². The number of anilines is 3. The molecule has 0 radical (unpaired) electrons. The number of nitrogens with one attached hydrogen (secondary N) is 1. The van der Waals surface area contributed by atoms with Crippen LogP contribution < -0.4 is 16.0 Å². The fraction of sp³-hybridized carbons (Fsp3) is 0.316. The van der Waals surface area contributed by atoms with E-state index in [1.807, 2.05) is 6.92 Å². The van der Waals surface area contributed by atoms with Crippen LogP contribution in [0, 0.1) is 16.7 Å². The maximum absolute atomic E-state index is 12.7. The molecular formula is C19H20N6O2. The molecule has 1 atom stereocenters. The minimum atomic E-state index is -0.963. The summed E-state index contributed by atoms with van der Waals surface area (Å²) in [6, 6.07) is 11.0. The second-order valence-electron chi connectivity index (χ2n) is 6.46. The summed E-state index contributed by atoms with van der Waals surface area (Å²) in [5, 5.41) is 12.5. The smallest absolute Gasteiger partial charge is 0.248 e. The molecule has 2 heterocycles. The van der Waals surface area contributed by atoms with Crippen LogP contribution in [-0.2, 0) is 16.0 Å². The van der Waals surface area contributed by atoms with Crippen molar-refractivity contribution >= 4 is 29.3 Å². The number of aromatic nitrogens is 2. The van der Waals surface area contributed by atoms with Crippen LogP contribution in [0.15, 0.2) is 36.5 Å². The molecule has 0 spiro atoms. The molecule has 1 aromatic heterocycles. The molecule has 8 nitrogen and oxygen atoms in total. The third kappa shape index (κ3) is 3.72. The normalized spacial score (nSPS) is 19.0. The number of rotatable bonds is 6. The second kappa shape index (κ2) is 7.41. The summed E-state index contributed by atoms with van der Waals surface area (Å²) in [5.74, 6) is 0.206. The highest BCUT2D eigenvalue weighted by Crippen LogP contribution is 2.36. The van der Waals surface area contributed by atoms with Gasteiger partial charge in [0.1, 0.15) is 11.2 Å². The highest BCUT2D eigenvalue weighted by Gasteiger charge is 2.46. The molecule has 0 bridgehead atoms. The Hall–Kier alpha value is -3.47. The monoisotopic (exact) mass is 364 g/mol. The molecule has 1 saturated heterocycles. The average molecular weight is 364 g/mol. The Morgan fingerprint density at radius 1 is 1.37 bits per heavy atom. The third-order valence-electron chi connectivity index (χ3n) is 4.74. The molecule has 1 fully saturated rings. The summed E-state index contributed by atoms with van der Waals surface area (Å²) < 4.78 is 0. The van der Waals surface area contributed by atoms with Gasteiger partial charge in [-0.3, -0.25) is 14.5 Å². The van der Waals surface area contributed by atoms with Crippen LogP contribution in [-0.4, -0.2) is 28.3 Å².